The highest BCUT2D eigenvalue weighted by atomic mass is 32.2. The van der Waals surface area contributed by atoms with Gasteiger partial charge in [0.2, 0.25) is 10.0 Å². The van der Waals surface area contributed by atoms with Crippen molar-refractivity contribution in [2.24, 2.45) is 11.7 Å². The Morgan fingerprint density at radius 3 is 2.67 bits per heavy atom. The molecule has 2 aromatic rings. The lowest BCUT2D eigenvalue weighted by atomic mass is 10.1. The zero-order chi connectivity index (χ0) is 19.4. The van der Waals surface area contributed by atoms with Crippen LogP contribution in [0, 0.1) is 11.7 Å². The van der Waals surface area contributed by atoms with E-state index in [1.807, 2.05) is 6.07 Å². The summed E-state index contributed by atoms with van der Waals surface area (Å²) >= 11 is 0. The number of nitrogens with two attached hydrogens (primary N) is 1. The molecule has 3 rings (SSSR count). The third kappa shape index (κ3) is 5.76. The summed E-state index contributed by atoms with van der Waals surface area (Å²) in [5, 5.41) is 0. The van der Waals surface area contributed by atoms with Gasteiger partial charge in [0.05, 0.1) is 12.4 Å². The van der Waals surface area contributed by atoms with E-state index in [0.717, 1.165) is 18.4 Å². The molecule has 5 nitrogen and oxygen atoms in total. The lowest BCUT2D eigenvalue weighted by molar-refractivity contribution is 0.285. The Morgan fingerprint density at radius 1 is 1.22 bits per heavy atom. The van der Waals surface area contributed by atoms with Crippen molar-refractivity contribution in [2.45, 2.75) is 38.1 Å². The fourth-order valence-electron chi connectivity index (χ4n) is 2.84. The molecule has 0 heterocycles. The van der Waals surface area contributed by atoms with Crippen LogP contribution in [0.1, 0.15) is 42.5 Å². The average molecular weight is 392 g/mol. The number of halogens is 1. The van der Waals surface area contributed by atoms with Crippen molar-refractivity contribution in [3.05, 3.63) is 65.0 Å². The minimum absolute atomic E-state index is 0.141. The number of ether oxygens (including phenoxy) is 1. The number of hydrogen-bond donors (Lipinski definition) is 2. The molecule has 1 aliphatic carbocycles. The maximum atomic E-state index is 13.9. The van der Waals surface area contributed by atoms with Crippen molar-refractivity contribution in [3.8, 4) is 5.75 Å². The standard InChI is InChI=1S/C20H25FN2O3S/c1-14(18-7-8-19(21)20(10-18)26-12-15-5-6-15)23-27(24,25)13-17-4-2-3-16(9-17)11-22/h2-4,7-10,14-15,23H,5-6,11-13,22H2,1H3/t14-/m1/s1. The lowest BCUT2D eigenvalue weighted by Crippen LogP contribution is -2.28. The fraction of sp³-hybridized carbons (Fsp3) is 0.400. The minimum atomic E-state index is -3.57. The van der Waals surface area contributed by atoms with Crippen molar-refractivity contribution < 1.29 is 17.5 Å². The van der Waals surface area contributed by atoms with Crippen LogP contribution in [0.25, 0.3) is 0 Å². The molecule has 7 heteroatoms. The molecule has 0 unspecified atom stereocenters. The number of nitrogens with one attached hydrogen (secondary N) is 1. The van der Waals surface area contributed by atoms with Gasteiger partial charge in [-0.3, -0.25) is 0 Å². The van der Waals surface area contributed by atoms with E-state index < -0.39 is 21.9 Å². The summed E-state index contributed by atoms with van der Waals surface area (Å²) in [4.78, 5) is 0. The summed E-state index contributed by atoms with van der Waals surface area (Å²) in [5.41, 5.74) is 7.81. The Morgan fingerprint density at radius 2 is 1.96 bits per heavy atom. The summed E-state index contributed by atoms with van der Waals surface area (Å²) in [6.45, 7) is 2.58. The van der Waals surface area contributed by atoms with Crippen molar-refractivity contribution in [3.63, 3.8) is 0 Å². The first-order valence-corrected chi connectivity index (χ1v) is 10.7. The maximum Gasteiger partial charge on any atom is 0.216 e. The van der Waals surface area contributed by atoms with Crippen LogP contribution in [-0.2, 0) is 22.3 Å². The van der Waals surface area contributed by atoms with Gasteiger partial charge in [0.15, 0.2) is 11.6 Å². The van der Waals surface area contributed by atoms with Crippen LogP contribution in [0.5, 0.6) is 5.75 Å². The molecule has 27 heavy (non-hydrogen) atoms. The highest BCUT2D eigenvalue weighted by Crippen LogP contribution is 2.31. The normalized spacial score (nSPS) is 15.5. The van der Waals surface area contributed by atoms with Crippen LogP contribution in [-0.4, -0.2) is 15.0 Å². The molecule has 0 spiro atoms. The van der Waals surface area contributed by atoms with E-state index >= 15 is 0 Å². The molecule has 1 fully saturated rings. The summed E-state index contributed by atoms with van der Waals surface area (Å²) in [5.74, 6) is 0.0969. The van der Waals surface area contributed by atoms with E-state index in [2.05, 4.69) is 4.72 Å². The molecule has 1 atom stereocenters. The number of rotatable bonds is 9. The SMILES string of the molecule is C[C@@H](NS(=O)(=O)Cc1cccc(CN)c1)c1ccc(F)c(OCC2CC2)c1. The highest BCUT2D eigenvalue weighted by Gasteiger charge is 2.23. The van der Waals surface area contributed by atoms with Gasteiger partial charge in [0.25, 0.3) is 0 Å². The molecule has 0 saturated heterocycles. The van der Waals surface area contributed by atoms with E-state index in [-0.39, 0.29) is 11.5 Å². The molecule has 0 aromatic heterocycles. The summed E-state index contributed by atoms with van der Waals surface area (Å²) in [7, 11) is -3.57. The lowest BCUT2D eigenvalue weighted by Gasteiger charge is -2.16. The predicted molar refractivity (Wildman–Crippen MR) is 103 cm³/mol. The van der Waals surface area contributed by atoms with Gasteiger partial charge in [-0.25, -0.2) is 17.5 Å². The van der Waals surface area contributed by atoms with Crippen molar-refractivity contribution >= 4 is 10.0 Å². The number of benzene rings is 2. The molecule has 0 aliphatic heterocycles. The largest absolute Gasteiger partial charge is 0.490 e. The topological polar surface area (TPSA) is 81.4 Å². The second kappa shape index (κ2) is 8.37. The quantitative estimate of drug-likeness (QED) is 0.686. The van der Waals surface area contributed by atoms with Gasteiger partial charge in [0.1, 0.15) is 0 Å². The van der Waals surface area contributed by atoms with E-state index in [4.69, 9.17) is 10.5 Å². The van der Waals surface area contributed by atoms with Gasteiger partial charge in [-0.2, -0.15) is 0 Å². The van der Waals surface area contributed by atoms with Gasteiger partial charge in [0, 0.05) is 12.6 Å². The van der Waals surface area contributed by atoms with E-state index in [1.165, 1.54) is 6.07 Å². The molecule has 2 aromatic carbocycles. The van der Waals surface area contributed by atoms with Crippen LogP contribution in [0.3, 0.4) is 0 Å². The van der Waals surface area contributed by atoms with Gasteiger partial charge >= 0.3 is 0 Å². The third-order valence-electron chi connectivity index (χ3n) is 4.57. The maximum absolute atomic E-state index is 13.9. The second-order valence-electron chi connectivity index (χ2n) is 7.07. The molecule has 3 N–H and O–H groups in total. The van der Waals surface area contributed by atoms with Gasteiger partial charge in [-0.15, -0.1) is 0 Å². The smallest absolute Gasteiger partial charge is 0.216 e. The predicted octanol–water partition coefficient (Wildman–Crippen LogP) is 3.25. The van der Waals surface area contributed by atoms with Crippen LogP contribution >= 0.6 is 0 Å². The molecule has 146 valence electrons. The monoisotopic (exact) mass is 392 g/mol. The Hall–Kier alpha value is -1.96. The van der Waals surface area contributed by atoms with Gasteiger partial charge in [-0.1, -0.05) is 30.3 Å². The highest BCUT2D eigenvalue weighted by molar-refractivity contribution is 7.88. The summed E-state index contributed by atoms with van der Waals surface area (Å²) in [6.07, 6.45) is 2.23. The van der Waals surface area contributed by atoms with Crippen molar-refractivity contribution in [2.75, 3.05) is 6.61 Å². The Labute approximate surface area is 159 Å². The third-order valence-corrected chi connectivity index (χ3v) is 5.99. The molecular formula is C20H25FN2O3S. The van der Waals surface area contributed by atoms with E-state index in [9.17, 15) is 12.8 Å². The average Bonchev–Trinajstić information content (AvgIpc) is 3.44. The summed E-state index contributed by atoms with van der Waals surface area (Å²) < 4.78 is 47.1. The Balaban J connectivity index is 1.67. The number of sulfonamides is 1. The fourth-order valence-corrected chi connectivity index (χ4v) is 4.21. The van der Waals surface area contributed by atoms with Crippen LogP contribution < -0.4 is 15.2 Å². The summed E-state index contributed by atoms with van der Waals surface area (Å²) in [6, 6.07) is 11.1. The van der Waals surface area contributed by atoms with Gasteiger partial charge in [-0.05, 0) is 54.5 Å². The zero-order valence-electron chi connectivity index (χ0n) is 15.3. The number of hydrogen-bond acceptors (Lipinski definition) is 4. The van der Waals surface area contributed by atoms with E-state index in [1.54, 1.807) is 37.3 Å². The molecule has 1 aliphatic rings. The van der Waals surface area contributed by atoms with Crippen LogP contribution in [0.15, 0.2) is 42.5 Å². The first-order chi connectivity index (χ1) is 12.9. The molecule has 0 bridgehead atoms. The first-order valence-electron chi connectivity index (χ1n) is 9.06. The van der Waals surface area contributed by atoms with E-state index in [0.29, 0.717) is 30.2 Å². The van der Waals surface area contributed by atoms with Crippen LogP contribution in [0.4, 0.5) is 4.39 Å². The molecule has 0 amide bonds. The molecule has 1 saturated carbocycles. The molecule has 0 radical (unpaired) electrons. The van der Waals surface area contributed by atoms with Gasteiger partial charge < -0.3 is 10.5 Å². The van der Waals surface area contributed by atoms with Crippen molar-refractivity contribution in [1.29, 1.82) is 0 Å². The Bertz CT molecular complexity index is 898. The first kappa shape index (κ1) is 19.8. The molecular weight excluding hydrogens is 367 g/mol. The minimum Gasteiger partial charge on any atom is -0.490 e. The van der Waals surface area contributed by atoms with Crippen molar-refractivity contribution in [1.82, 2.24) is 4.72 Å². The zero-order valence-corrected chi connectivity index (χ0v) is 16.1. The second-order valence-corrected chi connectivity index (χ2v) is 8.82. The Kier molecular flexibility index (Phi) is 6.14. The van der Waals surface area contributed by atoms with Crippen LogP contribution in [0.2, 0.25) is 0 Å².